The third-order valence-corrected chi connectivity index (χ3v) is 3.98. The molecule has 1 unspecified atom stereocenters. The van der Waals surface area contributed by atoms with Crippen LogP contribution < -0.4 is 0 Å². The van der Waals surface area contributed by atoms with E-state index in [1.807, 2.05) is 0 Å². The summed E-state index contributed by atoms with van der Waals surface area (Å²) in [6.45, 7) is 2.16. The topological polar surface area (TPSA) is 62.5 Å². The second-order valence-electron chi connectivity index (χ2n) is 5.47. The van der Waals surface area contributed by atoms with Crippen LogP contribution in [-0.2, 0) is 7.05 Å². The molecule has 2 rings (SSSR count). The Kier molecular flexibility index (Phi) is 4.60. The van der Waals surface area contributed by atoms with Gasteiger partial charge in [-0.1, -0.05) is 12.8 Å². The van der Waals surface area contributed by atoms with Crippen molar-refractivity contribution < 1.29 is 14.7 Å². The second kappa shape index (κ2) is 6.22. The van der Waals surface area contributed by atoms with Crippen molar-refractivity contribution in [3.8, 4) is 0 Å². The van der Waals surface area contributed by atoms with E-state index in [1.165, 1.54) is 6.92 Å². The van der Waals surface area contributed by atoms with Crippen molar-refractivity contribution in [2.45, 2.75) is 38.6 Å². The predicted molar refractivity (Wildman–Crippen MR) is 75.8 cm³/mol. The van der Waals surface area contributed by atoms with E-state index in [1.54, 1.807) is 28.8 Å². The van der Waals surface area contributed by atoms with Gasteiger partial charge in [0, 0.05) is 25.4 Å². The Bertz CT molecular complexity index is 507. The fourth-order valence-corrected chi connectivity index (χ4v) is 2.75. The number of aliphatic hydroxyl groups is 1. The number of likely N-dealkylation sites (tertiary alicyclic amines) is 1. The highest BCUT2D eigenvalue weighted by molar-refractivity contribution is 5.99. The van der Waals surface area contributed by atoms with Gasteiger partial charge in [0.2, 0.25) is 0 Å². The number of aliphatic hydroxyl groups excluding tert-OH is 1. The van der Waals surface area contributed by atoms with Crippen LogP contribution in [0.5, 0.6) is 0 Å². The third kappa shape index (κ3) is 2.93. The molecule has 110 valence electrons. The molecule has 1 aromatic rings. The van der Waals surface area contributed by atoms with Crippen LogP contribution in [0.2, 0.25) is 0 Å². The van der Waals surface area contributed by atoms with Crippen LogP contribution >= 0.6 is 0 Å². The number of nitrogens with zero attached hydrogens (tertiary/aromatic N) is 2. The van der Waals surface area contributed by atoms with Crippen LogP contribution in [0.3, 0.4) is 0 Å². The Morgan fingerprint density at radius 2 is 2.10 bits per heavy atom. The van der Waals surface area contributed by atoms with E-state index in [-0.39, 0.29) is 24.3 Å². The summed E-state index contributed by atoms with van der Waals surface area (Å²) in [5.41, 5.74) is 1.06. The van der Waals surface area contributed by atoms with Crippen molar-refractivity contribution in [2.75, 3.05) is 13.2 Å². The van der Waals surface area contributed by atoms with Crippen molar-refractivity contribution in [1.82, 2.24) is 9.47 Å². The second-order valence-corrected chi connectivity index (χ2v) is 5.47. The lowest BCUT2D eigenvalue weighted by atomic mass is 10.1. The fraction of sp³-hybridized carbons (Fsp3) is 0.600. The highest BCUT2D eigenvalue weighted by atomic mass is 16.3. The lowest BCUT2D eigenvalue weighted by Crippen LogP contribution is -2.42. The summed E-state index contributed by atoms with van der Waals surface area (Å²) in [5, 5.41) is 9.49. The van der Waals surface area contributed by atoms with Gasteiger partial charge in [-0.05, 0) is 25.8 Å². The number of amides is 1. The minimum absolute atomic E-state index is 0.00424. The number of ketones is 1. The first-order valence-electron chi connectivity index (χ1n) is 7.13. The molecule has 1 aliphatic heterocycles. The number of rotatable bonds is 3. The molecule has 1 fully saturated rings. The zero-order valence-electron chi connectivity index (χ0n) is 12.1. The van der Waals surface area contributed by atoms with Gasteiger partial charge in [0.15, 0.2) is 5.78 Å². The number of hydrogen-bond donors (Lipinski definition) is 1. The zero-order chi connectivity index (χ0) is 14.7. The first-order valence-corrected chi connectivity index (χ1v) is 7.13. The average molecular weight is 278 g/mol. The Labute approximate surface area is 119 Å². The standard InChI is InChI=1S/C15H22N2O3/c1-11(19)12-8-14(16(2)9-12)15(20)17-7-5-3-4-6-13(17)10-18/h8-9,13,18H,3-7,10H2,1-2H3. The van der Waals surface area contributed by atoms with Gasteiger partial charge in [0.25, 0.3) is 5.91 Å². The SMILES string of the molecule is CC(=O)c1cc(C(=O)N2CCCCCC2CO)n(C)c1. The molecule has 1 saturated heterocycles. The van der Waals surface area contributed by atoms with E-state index >= 15 is 0 Å². The van der Waals surface area contributed by atoms with Crippen LogP contribution in [0.15, 0.2) is 12.3 Å². The quantitative estimate of drug-likeness (QED) is 0.854. The number of hydrogen-bond acceptors (Lipinski definition) is 3. The van der Waals surface area contributed by atoms with Crippen LogP contribution in [-0.4, -0.2) is 45.5 Å². The molecule has 1 N–H and O–H groups in total. The van der Waals surface area contributed by atoms with Gasteiger partial charge < -0.3 is 14.6 Å². The Morgan fingerprint density at radius 1 is 1.35 bits per heavy atom. The van der Waals surface area contributed by atoms with Crippen LogP contribution in [0.1, 0.15) is 53.5 Å². The van der Waals surface area contributed by atoms with Crippen molar-refractivity contribution in [1.29, 1.82) is 0 Å². The Hall–Kier alpha value is -1.62. The van der Waals surface area contributed by atoms with Gasteiger partial charge in [-0.2, -0.15) is 0 Å². The molecule has 5 nitrogen and oxygen atoms in total. The largest absolute Gasteiger partial charge is 0.394 e. The van der Waals surface area contributed by atoms with Gasteiger partial charge in [-0.25, -0.2) is 0 Å². The molecular formula is C15H22N2O3. The molecule has 20 heavy (non-hydrogen) atoms. The molecule has 0 aliphatic carbocycles. The highest BCUT2D eigenvalue weighted by Gasteiger charge is 2.27. The maximum atomic E-state index is 12.7. The molecule has 0 radical (unpaired) electrons. The van der Waals surface area contributed by atoms with Crippen molar-refractivity contribution in [3.63, 3.8) is 0 Å². The molecule has 0 spiro atoms. The molecule has 1 aromatic heterocycles. The number of Topliss-reactive ketones (excluding diaryl/α,β-unsaturated/α-hetero) is 1. The molecule has 2 heterocycles. The Morgan fingerprint density at radius 3 is 2.70 bits per heavy atom. The maximum absolute atomic E-state index is 12.7. The molecule has 1 amide bonds. The first-order chi connectivity index (χ1) is 9.54. The molecule has 0 bridgehead atoms. The van der Waals surface area contributed by atoms with Gasteiger partial charge in [0.05, 0.1) is 12.6 Å². The highest BCUT2D eigenvalue weighted by Crippen LogP contribution is 2.20. The Balaban J connectivity index is 2.26. The molecule has 1 aliphatic rings. The van der Waals surface area contributed by atoms with Crippen molar-refractivity contribution in [3.05, 3.63) is 23.5 Å². The minimum atomic E-state index is -0.110. The number of carbonyl (C=O) groups is 2. The summed E-state index contributed by atoms with van der Waals surface area (Å²) in [6, 6.07) is 1.53. The summed E-state index contributed by atoms with van der Waals surface area (Å²) in [6.07, 6.45) is 5.62. The average Bonchev–Trinajstić information content (AvgIpc) is 2.67. The van der Waals surface area contributed by atoms with E-state index < -0.39 is 0 Å². The molecule has 0 saturated carbocycles. The zero-order valence-corrected chi connectivity index (χ0v) is 12.1. The van der Waals surface area contributed by atoms with Gasteiger partial charge in [-0.15, -0.1) is 0 Å². The van der Waals surface area contributed by atoms with E-state index in [0.29, 0.717) is 17.8 Å². The summed E-state index contributed by atoms with van der Waals surface area (Å²) in [7, 11) is 1.77. The van der Waals surface area contributed by atoms with Crippen molar-refractivity contribution >= 4 is 11.7 Å². The molecule has 0 aromatic carbocycles. The van der Waals surface area contributed by atoms with Crippen LogP contribution in [0, 0.1) is 0 Å². The minimum Gasteiger partial charge on any atom is -0.394 e. The number of carbonyl (C=O) groups excluding carboxylic acids is 2. The van der Waals surface area contributed by atoms with E-state index in [0.717, 1.165) is 25.7 Å². The van der Waals surface area contributed by atoms with E-state index in [2.05, 4.69) is 0 Å². The van der Waals surface area contributed by atoms with E-state index in [9.17, 15) is 14.7 Å². The lowest BCUT2D eigenvalue weighted by molar-refractivity contribution is 0.0590. The molecular weight excluding hydrogens is 256 g/mol. The maximum Gasteiger partial charge on any atom is 0.270 e. The summed E-state index contributed by atoms with van der Waals surface area (Å²) in [4.78, 5) is 25.8. The third-order valence-electron chi connectivity index (χ3n) is 3.98. The summed E-state index contributed by atoms with van der Waals surface area (Å²) < 4.78 is 1.69. The van der Waals surface area contributed by atoms with Crippen LogP contribution in [0.4, 0.5) is 0 Å². The first kappa shape index (κ1) is 14.8. The van der Waals surface area contributed by atoms with E-state index in [4.69, 9.17) is 0 Å². The predicted octanol–water partition coefficient (Wildman–Crippen LogP) is 1.60. The normalized spacial score (nSPS) is 19.8. The lowest BCUT2D eigenvalue weighted by Gasteiger charge is -2.28. The monoisotopic (exact) mass is 278 g/mol. The van der Waals surface area contributed by atoms with Gasteiger partial charge in [-0.3, -0.25) is 9.59 Å². The van der Waals surface area contributed by atoms with Crippen LogP contribution in [0.25, 0.3) is 0 Å². The summed E-state index contributed by atoms with van der Waals surface area (Å²) in [5.74, 6) is -0.143. The fourth-order valence-electron chi connectivity index (χ4n) is 2.75. The van der Waals surface area contributed by atoms with Gasteiger partial charge in [0.1, 0.15) is 5.69 Å². The smallest absolute Gasteiger partial charge is 0.270 e. The molecule has 1 atom stereocenters. The summed E-state index contributed by atoms with van der Waals surface area (Å²) >= 11 is 0. The molecule has 5 heteroatoms. The number of aryl methyl sites for hydroxylation is 1. The van der Waals surface area contributed by atoms with Crippen molar-refractivity contribution in [2.24, 2.45) is 7.05 Å². The number of aromatic nitrogens is 1. The van der Waals surface area contributed by atoms with Gasteiger partial charge >= 0.3 is 0 Å².